The van der Waals surface area contributed by atoms with Gasteiger partial charge < -0.3 is 14.4 Å². The molecule has 2 unspecified atom stereocenters. The minimum absolute atomic E-state index is 0.140. The number of ether oxygens (including phenoxy) is 2. The van der Waals surface area contributed by atoms with E-state index >= 15 is 0 Å². The molecule has 4 rings (SSSR count). The third-order valence-corrected chi connectivity index (χ3v) is 7.35. The van der Waals surface area contributed by atoms with E-state index in [0.29, 0.717) is 12.5 Å². The third-order valence-electron chi connectivity index (χ3n) is 7.35. The van der Waals surface area contributed by atoms with Crippen molar-refractivity contribution in [3.05, 3.63) is 65.2 Å². The quantitative estimate of drug-likeness (QED) is 0.477. The lowest BCUT2D eigenvalue weighted by Crippen LogP contribution is -2.39. The van der Waals surface area contributed by atoms with Gasteiger partial charge in [-0.3, -0.25) is 9.59 Å². The van der Waals surface area contributed by atoms with Crippen molar-refractivity contribution in [1.29, 1.82) is 0 Å². The van der Waals surface area contributed by atoms with Crippen LogP contribution in [0, 0.1) is 5.92 Å². The number of hydrogen-bond donors (Lipinski definition) is 0. The molecule has 0 aromatic heterocycles. The highest BCUT2D eigenvalue weighted by atomic mass is 16.5. The Kier molecular flexibility index (Phi) is 8.25. The lowest BCUT2D eigenvalue weighted by atomic mass is 9.83. The molecule has 0 spiro atoms. The molecule has 182 valence electrons. The molecule has 5 heteroatoms. The number of amides is 1. The summed E-state index contributed by atoms with van der Waals surface area (Å²) in [6, 6.07) is 16.4. The minimum Gasteiger partial charge on any atom is -0.493 e. The molecule has 34 heavy (non-hydrogen) atoms. The molecular formula is C29H37NO4. The second-order valence-corrected chi connectivity index (χ2v) is 9.86. The van der Waals surface area contributed by atoms with E-state index in [2.05, 4.69) is 24.3 Å². The van der Waals surface area contributed by atoms with Gasteiger partial charge in [-0.1, -0.05) is 43.5 Å². The Balaban J connectivity index is 1.40. The van der Waals surface area contributed by atoms with Gasteiger partial charge in [-0.25, -0.2) is 0 Å². The van der Waals surface area contributed by atoms with E-state index in [1.165, 1.54) is 50.3 Å². The van der Waals surface area contributed by atoms with Gasteiger partial charge in [-0.15, -0.1) is 0 Å². The summed E-state index contributed by atoms with van der Waals surface area (Å²) in [5, 5.41) is 0. The predicted octanol–water partition coefficient (Wildman–Crippen LogP) is 5.94. The number of piperidine rings is 1. The van der Waals surface area contributed by atoms with Crippen LogP contribution in [-0.4, -0.2) is 43.6 Å². The highest BCUT2D eigenvalue weighted by Gasteiger charge is 2.26. The topological polar surface area (TPSA) is 55.8 Å². The fourth-order valence-electron chi connectivity index (χ4n) is 5.33. The summed E-state index contributed by atoms with van der Waals surface area (Å²) in [6.45, 7) is 3.59. The summed E-state index contributed by atoms with van der Waals surface area (Å²) in [5.41, 5.74) is 3.32. The molecule has 1 saturated heterocycles. The summed E-state index contributed by atoms with van der Waals surface area (Å²) < 4.78 is 10.6. The van der Waals surface area contributed by atoms with Crippen LogP contribution in [0.3, 0.4) is 0 Å². The maximum Gasteiger partial charge on any atom is 0.311 e. The van der Waals surface area contributed by atoms with E-state index in [1.807, 2.05) is 29.2 Å². The number of carbonyl (C=O) groups is 2. The minimum atomic E-state index is -0.319. The van der Waals surface area contributed by atoms with Gasteiger partial charge >= 0.3 is 5.97 Å². The molecule has 1 amide bonds. The molecule has 1 aliphatic heterocycles. The number of hydrogen-bond acceptors (Lipinski definition) is 4. The van der Waals surface area contributed by atoms with Crippen LogP contribution in [0.15, 0.2) is 48.5 Å². The van der Waals surface area contributed by atoms with Gasteiger partial charge in [-0.2, -0.15) is 0 Å². The zero-order valence-corrected chi connectivity index (χ0v) is 20.5. The van der Waals surface area contributed by atoms with Gasteiger partial charge in [0.1, 0.15) is 12.4 Å². The maximum atomic E-state index is 13.4. The average Bonchev–Trinajstić information content (AvgIpc) is 2.91. The van der Waals surface area contributed by atoms with E-state index in [1.54, 1.807) is 6.92 Å². The highest BCUT2D eigenvalue weighted by Crippen LogP contribution is 2.34. The first-order valence-electron chi connectivity index (χ1n) is 12.7. The molecule has 0 bridgehead atoms. The number of carbonyl (C=O) groups excluding carboxylic acids is 2. The summed E-state index contributed by atoms with van der Waals surface area (Å²) >= 11 is 0. The second kappa shape index (κ2) is 11.5. The monoisotopic (exact) mass is 463 g/mol. The Morgan fingerprint density at radius 3 is 2.41 bits per heavy atom. The Morgan fingerprint density at radius 1 is 0.941 bits per heavy atom. The second-order valence-electron chi connectivity index (χ2n) is 9.86. The molecule has 2 atom stereocenters. The molecular weight excluding hydrogens is 426 g/mol. The van der Waals surface area contributed by atoms with Gasteiger partial charge in [0.2, 0.25) is 0 Å². The Labute approximate surface area is 203 Å². The van der Waals surface area contributed by atoms with Crippen molar-refractivity contribution in [2.45, 2.75) is 63.7 Å². The van der Waals surface area contributed by atoms with E-state index < -0.39 is 0 Å². The molecule has 1 heterocycles. The molecule has 2 fully saturated rings. The van der Waals surface area contributed by atoms with Crippen molar-refractivity contribution in [2.24, 2.45) is 5.92 Å². The summed E-state index contributed by atoms with van der Waals surface area (Å²) in [7, 11) is 1.39. The smallest absolute Gasteiger partial charge is 0.311 e. The van der Waals surface area contributed by atoms with Crippen molar-refractivity contribution in [3.63, 3.8) is 0 Å². The molecule has 0 radical (unpaired) electrons. The Hall–Kier alpha value is -2.82. The van der Waals surface area contributed by atoms with Crippen LogP contribution < -0.4 is 4.74 Å². The largest absolute Gasteiger partial charge is 0.493 e. The van der Waals surface area contributed by atoms with E-state index in [0.717, 1.165) is 30.7 Å². The van der Waals surface area contributed by atoms with E-state index in [9.17, 15) is 9.59 Å². The average molecular weight is 464 g/mol. The number of methoxy groups -OCH3 is 1. The van der Waals surface area contributed by atoms with Crippen LogP contribution in [0.4, 0.5) is 0 Å². The lowest BCUT2D eigenvalue weighted by molar-refractivity contribution is -0.145. The van der Waals surface area contributed by atoms with E-state index in [-0.39, 0.29) is 30.3 Å². The van der Waals surface area contributed by atoms with Crippen LogP contribution >= 0.6 is 0 Å². The van der Waals surface area contributed by atoms with Gasteiger partial charge in [0.25, 0.3) is 5.91 Å². The zero-order chi connectivity index (χ0) is 23.9. The first kappa shape index (κ1) is 24.3. The van der Waals surface area contributed by atoms with Gasteiger partial charge in [0, 0.05) is 24.6 Å². The third kappa shape index (κ3) is 5.99. The van der Waals surface area contributed by atoms with Gasteiger partial charge in [0.05, 0.1) is 13.0 Å². The van der Waals surface area contributed by atoms with Crippen LogP contribution in [0.25, 0.3) is 0 Å². The van der Waals surface area contributed by atoms with Crippen molar-refractivity contribution in [3.8, 4) is 5.75 Å². The maximum absolute atomic E-state index is 13.4. The molecule has 2 aromatic rings. The number of benzene rings is 2. The Bertz CT molecular complexity index is 982. The van der Waals surface area contributed by atoms with Crippen molar-refractivity contribution >= 4 is 11.9 Å². The predicted molar refractivity (Wildman–Crippen MR) is 133 cm³/mol. The first-order chi connectivity index (χ1) is 16.5. The number of likely N-dealkylation sites (tertiary alicyclic amines) is 1. The summed E-state index contributed by atoms with van der Waals surface area (Å²) in [4.78, 5) is 27.1. The molecule has 2 aromatic carbocycles. The molecule has 1 aliphatic carbocycles. The van der Waals surface area contributed by atoms with Crippen LogP contribution in [-0.2, 0) is 9.53 Å². The van der Waals surface area contributed by atoms with Crippen molar-refractivity contribution < 1.29 is 19.1 Å². The number of esters is 1. The standard InChI is InChI=1S/C29H37NO4/c1-21(29(32)33-2)20-34-27-15-7-12-24(18-27)26-14-8-16-30(19-26)28(31)25-13-6-11-23(17-25)22-9-4-3-5-10-22/h6-7,11-13,15,17-18,21-22,26H,3-5,8-10,14,16,19-20H2,1-2H3. The van der Waals surface area contributed by atoms with Crippen LogP contribution in [0.1, 0.15) is 85.2 Å². The van der Waals surface area contributed by atoms with Crippen LogP contribution in [0.5, 0.6) is 5.75 Å². The summed E-state index contributed by atoms with van der Waals surface area (Å²) in [5.74, 6) is 1.17. The summed E-state index contributed by atoms with van der Waals surface area (Å²) in [6.07, 6.45) is 8.43. The van der Waals surface area contributed by atoms with Gasteiger partial charge in [0.15, 0.2) is 0 Å². The fourth-order valence-corrected chi connectivity index (χ4v) is 5.33. The molecule has 5 nitrogen and oxygen atoms in total. The van der Waals surface area contributed by atoms with Crippen molar-refractivity contribution in [2.75, 3.05) is 26.8 Å². The van der Waals surface area contributed by atoms with Gasteiger partial charge in [-0.05, 0) is 73.9 Å². The number of rotatable bonds is 7. The normalized spacial score (nSPS) is 19.9. The molecule has 0 N–H and O–H groups in total. The Morgan fingerprint density at radius 2 is 1.65 bits per heavy atom. The molecule has 1 saturated carbocycles. The highest BCUT2D eigenvalue weighted by molar-refractivity contribution is 5.94. The van der Waals surface area contributed by atoms with Crippen LogP contribution in [0.2, 0.25) is 0 Å². The van der Waals surface area contributed by atoms with Crippen molar-refractivity contribution in [1.82, 2.24) is 4.90 Å². The fraction of sp³-hybridized carbons (Fsp3) is 0.517. The zero-order valence-electron chi connectivity index (χ0n) is 20.5. The SMILES string of the molecule is COC(=O)C(C)COc1cccc(C2CCCN(C(=O)c3cccc(C4CCCCC4)c3)C2)c1. The lowest BCUT2D eigenvalue weighted by Gasteiger charge is -2.33. The van der Waals surface area contributed by atoms with E-state index in [4.69, 9.17) is 9.47 Å². The number of nitrogens with zero attached hydrogens (tertiary/aromatic N) is 1. The first-order valence-corrected chi connectivity index (χ1v) is 12.7. The molecule has 2 aliphatic rings.